The summed E-state index contributed by atoms with van der Waals surface area (Å²) in [6, 6.07) is -6.17. The Morgan fingerprint density at radius 3 is 1.63 bits per heavy atom. The molecule has 18 nitrogen and oxygen atoms in total. The van der Waals surface area contributed by atoms with E-state index in [1.54, 1.807) is 34.7 Å². The van der Waals surface area contributed by atoms with Crippen molar-refractivity contribution in [2.75, 3.05) is 67.7 Å². The molecule has 1 rings (SSSR count). The van der Waals surface area contributed by atoms with Gasteiger partial charge in [0.05, 0.1) is 5.60 Å². The number of rotatable bonds is 28. The monoisotopic (exact) mass is 968 g/mol. The highest BCUT2D eigenvalue weighted by atomic mass is 32.2. The second-order valence-electron chi connectivity index (χ2n) is 20.0. The number of methoxy groups -OCH3 is 1. The second-order valence-corrected chi connectivity index (χ2v) is 21.2. The minimum absolute atomic E-state index is 0.0651. The molecule has 8 amide bonds. The van der Waals surface area contributed by atoms with E-state index in [-0.39, 0.29) is 42.9 Å². The minimum atomic E-state index is -1.13. The molecule has 4 N–H and O–H groups in total. The van der Waals surface area contributed by atoms with E-state index in [9.17, 15) is 38.4 Å². The Morgan fingerprint density at radius 2 is 1.13 bits per heavy atom. The van der Waals surface area contributed by atoms with Gasteiger partial charge in [-0.05, 0) is 90.6 Å². The molecule has 0 aromatic carbocycles. The van der Waals surface area contributed by atoms with Crippen molar-refractivity contribution in [3.05, 3.63) is 0 Å². The summed E-state index contributed by atoms with van der Waals surface area (Å²) in [5, 5.41) is 9.98. The fourth-order valence-corrected chi connectivity index (χ4v) is 9.18. The van der Waals surface area contributed by atoms with Crippen LogP contribution in [0.4, 0.5) is 0 Å². The summed E-state index contributed by atoms with van der Waals surface area (Å²) in [7, 11) is 9.17. The molecule has 0 aliphatic carbocycles. The van der Waals surface area contributed by atoms with Gasteiger partial charge in [0.15, 0.2) is 5.37 Å². The molecule has 0 radical (unpaired) electrons. The summed E-state index contributed by atoms with van der Waals surface area (Å²) in [5.41, 5.74) is -0.877. The Bertz CT molecular complexity index is 1640. The molecular weight excluding hydrogens is 879 g/mol. The smallest absolute Gasteiger partial charge is 0.256 e. The minimum Gasteiger partial charge on any atom is -0.379 e. The number of nitrogens with zero attached hydrogens (tertiary/aromatic N) is 5. The number of likely N-dealkylation sites (N-methyl/N-ethyl adjacent to an activating group) is 5. The summed E-state index contributed by atoms with van der Waals surface area (Å²) in [6.45, 7) is 22.4. The maximum atomic E-state index is 14.6. The first-order valence-electron chi connectivity index (χ1n) is 24.2. The van der Waals surface area contributed by atoms with Crippen LogP contribution >= 0.6 is 11.8 Å². The van der Waals surface area contributed by atoms with E-state index in [4.69, 9.17) is 4.74 Å². The summed E-state index contributed by atoms with van der Waals surface area (Å²) in [5.74, 6) is -3.60. The third-order valence-electron chi connectivity index (χ3n) is 12.5. The Kier molecular flexibility index (Phi) is 26.6. The van der Waals surface area contributed by atoms with Gasteiger partial charge in [0.25, 0.3) is 5.91 Å². The number of amides is 8. The van der Waals surface area contributed by atoms with Gasteiger partial charge in [-0.15, -0.1) is 11.8 Å². The van der Waals surface area contributed by atoms with E-state index in [0.29, 0.717) is 18.6 Å². The highest BCUT2D eigenvalue weighted by Gasteiger charge is 2.41. The Labute approximate surface area is 406 Å². The zero-order valence-electron chi connectivity index (χ0n) is 44.1. The normalized spacial score (nSPS) is 16.5. The van der Waals surface area contributed by atoms with Gasteiger partial charge in [0, 0.05) is 67.5 Å². The van der Waals surface area contributed by atoms with Gasteiger partial charge in [0.2, 0.25) is 41.4 Å². The van der Waals surface area contributed by atoms with Gasteiger partial charge < -0.3 is 50.5 Å². The lowest BCUT2D eigenvalue weighted by molar-refractivity contribution is -0.148. The van der Waals surface area contributed by atoms with Crippen molar-refractivity contribution in [2.24, 2.45) is 17.8 Å². The van der Waals surface area contributed by atoms with Crippen molar-refractivity contribution in [3.63, 3.8) is 0 Å². The van der Waals surface area contributed by atoms with Crippen molar-refractivity contribution in [1.29, 1.82) is 0 Å². The van der Waals surface area contributed by atoms with Gasteiger partial charge in [-0.25, -0.2) is 0 Å². The third kappa shape index (κ3) is 19.5. The van der Waals surface area contributed by atoms with E-state index >= 15 is 0 Å². The predicted octanol–water partition coefficient (Wildman–Crippen LogP) is 3.07. The first-order chi connectivity index (χ1) is 31.1. The highest BCUT2D eigenvalue weighted by Crippen LogP contribution is 2.25. The molecule has 0 spiro atoms. The number of carbonyl (C=O) groups excluding carboxylic acids is 8. The Morgan fingerprint density at radius 1 is 0.642 bits per heavy atom. The van der Waals surface area contributed by atoms with Crippen LogP contribution in [0, 0.1) is 17.8 Å². The van der Waals surface area contributed by atoms with Crippen LogP contribution in [0.25, 0.3) is 0 Å². The van der Waals surface area contributed by atoms with Crippen molar-refractivity contribution in [2.45, 2.75) is 175 Å². The number of piperidine rings is 1. The van der Waals surface area contributed by atoms with Crippen LogP contribution < -0.4 is 21.3 Å². The van der Waals surface area contributed by atoms with Crippen molar-refractivity contribution in [3.8, 4) is 0 Å². The van der Waals surface area contributed by atoms with E-state index in [1.807, 2.05) is 34.6 Å². The molecule has 1 aliphatic heterocycles. The average Bonchev–Trinajstić information content (AvgIpc) is 3.27. The summed E-state index contributed by atoms with van der Waals surface area (Å²) in [4.78, 5) is 118. The van der Waals surface area contributed by atoms with Crippen LogP contribution in [0.5, 0.6) is 0 Å². The molecule has 0 unspecified atom stereocenters. The fourth-order valence-electron chi connectivity index (χ4n) is 7.94. The summed E-state index contributed by atoms with van der Waals surface area (Å²) < 4.78 is 5.74. The average molecular weight is 968 g/mol. The zero-order chi connectivity index (χ0) is 51.5. The van der Waals surface area contributed by atoms with Gasteiger partial charge in [-0.1, -0.05) is 54.9 Å². The van der Waals surface area contributed by atoms with E-state index in [1.165, 1.54) is 86.9 Å². The van der Waals surface area contributed by atoms with Crippen molar-refractivity contribution >= 4 is 59.0 Å². The Hall–Kier alpha value is -3.97. The molecular formula is C48H89N9O9S. The molecule has 0 aromatic rings. The van der Waals surface area contributed by atoms with E-state index in [0.717, 1.165) is 32.5 Å². The molecule has 1 aliphatic rings. The molecule has 19 heteroatoms. The maximum Gasteiger partial charge on any atom is 0.256 e. The highest BCUT2D eigenvalue weighted by molar-refractivity contribution is 8.00. The molecule has 67 heavy (non-hydrogen) atoms. The first kappa shape index (κ1) is 61.0. The van der Waals surface area contributed by atoms with Gasteiger partial charge >= 0.3 is 0 Å². The lowest BCUT2D eigenvalue weighted by atomic mass is 9.95. The molecule has 1 heterocycles. The zero-order valence-corrected chi connectivity index (χ0v) is 44.9. The number of hydrogen-bond donors (Lipinski definition) is 4. The summed E-state index contributed by atoms with van der Waals surface area (Å²) >= 11 is 1.38. The van der Waals surface area contributed by atoms with Crippen molar-refractivity contribution < 1.29 is 43.1 Å². The van der Waals surface area contributed by atoms with Crippen LogP contribution in [0.15, 0.2) is 0 Å². The SMILES string of the molecule is CCCC(=O)N(C)[C@H](SCCN1CCCCC1)C(=O)N(C)[C@@H](CC(C)(C)OC)C(=O)N[C@H](C(=O)N(C)[C@@H](CC(C)C)C(=O)N[C@H](C)C(=O)N[C@@H](C)C(=O)N(C)[C@@H](CC(C)C)C(=O)NC)C(C)C. The van der Waals surface area contributed by atoms with Crippen LogP contribution in [0.3, 0.4) is 0 Å². The molecule has 0 saturated carbocycles. The number of likely N-dealkylation sites (tertiary alicyclic amines) is 1. The van der Waals surface area contributed by atoms with Crippen LogP contribution in [0.2, 0.25) is 0 Å². The molecule has 386 valence electrons. The predicted molar refractivity (Wildman–Crippen MR) is 265 cm³/mol. The number of nitrogens with one attached hydrogen (secondary N) is 4. The number of thioether (sulfide) groups is 1. The molecule has 1 fully saturated rings. The van der Waals surface area contributed by atoms with Crippen LogP contribution in [-0.4, -0.2) is 187 Å². The van der Waals surface area contributed by atoms with E-state index < -0.39 is 88.6 Å². The van der Waals surface area contributed by atoms with Gasteiger partial charge in [-0.3, -0.25) is 38.4 Å². The van der Waals surface area contributed by atoms with Gasteiger partial charge in [-0.2, -0.15) is 0 Å². The Balaban J connectivity index is 3.40. The topological polar surface area (TPSA) is 210 Å². The lowest BCUT2D eigenvalue weighted by Gasteiger charge is -2.38. The molecule has 0 aromatic heterocycles. The summed E-state index contributed by atoms with van der Waals surface area (Å²) in [6.07, 6.45) is 5.04. The first-order valence-corrected chi connectivity index (χ1v) is 25.3. The number of hydrogen-bond acceptors (Lipinski definition) is 11. The van der Waals surface area contributed by atoms with Crippen LogP contribution in [0.1, 0.15) is 128 Å². The number of ether oxygens (including phenoxy) is 1. The second kappa shape index (κ2) is 29.1. The maximum absolute atomic E-state index is 14.6. The molecule has 7 atom stereocenters. The molecule has 0 bridgehead atoms. The van der Waals surface area contributed by atoms with Gasteiger partial charge in [0.1, 0.15) is 36.3 Å². The fraction of sp³-hybridized carbons (Fsp3) is 0.833. The van der Waals surface area contributed by atoms with Crippen LogP contribution in [-0.2, 0) is 43.1 Å². The number of carbonyl (C=O) groups is 8. The third-order valence-corrected chi connectivity index (χ3v) is 13.7. The lowest BCUT2D eigenvalue weighted by Crippen LogP contribution is -2.61. The van der Waals surface area contributed by atoms with Crippen molar-refractivity contribution in [1.82, 2.24) is 45.8 Å². The standard InChI is InChI=1S/C48H89N9O9S/c1-18-22-38(58)56(16)47(67-26-25-57-23-20-19-21-24-57)46(65)55(15)37(29-48(10,11)66-17)43(62)52-39(32(6)7)45(64)54(14)36(28-31(4)5)42(61)50-33(8)40(59)51-34(9)44(63)53(13)35(27-30(2)3)41(60)49-12/h30-37,39,47H,18-29H2,1-17H3,(H,49,60)(H,50,61)(H,51,59)(H,52,62)/t33-,34+,35+,36+,37+,39+,47-/m1/s1. The quantitative estimate of drug-likeness (QED) is 0.0838. The largest absolute Gasteiger partial charge is 0.379 e. The van der Waals surface area contributed by atoms with E-state index in [2.05, 4.69) is 26.2 Å². The molecule has 1 saturated heterocycles.